The summed E-state index contributed by atoms with van der Waals surface area (Å²) in [7, 11) is 0. The molecule has 1 aliphatic heterocycles. The molecular formula is C20H24N2O4. The standard InChI is InChI=1S/C20H24N2O4/c1-16-5-7-17(8-6-16)26-15-20(24)9-3-11-22(14-20)19(23)13-25-18-4-2-10-21-12-18/h2,4-8,10,12,24H,3,9,11,13-15H2,1H3. The molecule has 1 aliphatic rings. The van der Waals surface area contributed by atoms with Crippen molar-refractivity contribution in [2.24, 2.45) is 0 Å². The Labute approximate surface area is 153 Å². The van der Waals surface area contributed by atoms with Crippen LogP contribution in [-0.4, -0.2) is 52.8 Å². The van der Waals surface area contributed by atoms with Crippen molar-refractivity contribution in [2.45, 2.75) is 25.4 Å². The predicted molar refractivity (Wildman–Crippen MR) is 97.2 cm³/mol. The van der Waals surface area contributed by atoms with E-state index in [0.717, 1.165) is 12.0 Å². The normalized spacial score (nSPS) is 19.8. The summed E-state index contributed by atoms with van der Waals surface area (Å²) in [5.41, 5.74) is 0.103. The quantitative estimate of drug-likeness (QED) is 0.859. The van der Waals surface area contributed by atoms with Crippen molar-refractivity contribution in [1.82, 2.24) is 9.88 Å². The molecule has 1 N–H and O–H groups in total. The third kappa shape index (κ3) is 4.95. The molecule has 0 radical (unpaired) electrons. The summed E-state index contributed by atoms with van der Waals surface area (Å²) >= 11 is 0. The second-order valence-electron chi connectivity index (χ2n) is 6.72. The summed E-state index contributed by atoms with van der Waals surface area (Å²) in [6, 6.07) is 11.2. The van der Waals surface area contributed by atoms with E-state index in [1.165, 1.54) is 0 Å². The van der Waals surface area contributed by atoms with Gasteiger partial charge in [0.2, 0.25) is 0 Å². The van der Waals surface area contributed by atoms with Gasteiger partial charge in [-0.3, -0.25) is 9.78 Å². The molecular weight excluding hydrogens is 332 g/mol. The van der Waals surface area contributed by atoms with Gasteiger partial charge in [0.15, 0.2) is 6.61 Å². The number of carbonyl (C=O) groups excluding carboxylic acids is 1. The number of benzene rings is 1. The lowest BCUT2D eigenvalue weighted by Crippen LogP contribution is -2.54. The molecule has 1 aromatic heterocycles. The monoisotopic (exact) mass is 356 g/mol. The van der Waals surface area contributed by atoms with Crippen LogP contribution >= 0.6 is 0 Å². The molecule has 6 heteroatoms. The molecule has 2 heterocycles. The topological polar surface area (TPSA) is 71.9 Å². The van der Waals surface area contributed by atoms with Crippen molar-refractivity contribution < 1.29 is 19.4 Å². The Morgan fingerprint density at radius 1 is 1.23 bits per heavy atom. The lowest BCUT2D eigenvalue weighted by Gasteiger charge is -2.38. The zero-order valence-electron chi connectivity index (χ0n) is 14.9. The van der Waals surface area contributed by atoms with Crippen molar-refractivity contribution in [2.75, 3.05) is 26.3 Å². The van der Waals surface area contributed by atoms with Crippen molar-refractivity contribution in [1.29, 1.82) is 0 Å². The van der Waals surface area contributed by atoms with E-state index < -0.39 is 5.60 Å². The van der Waals surface area contributed by atoms with Crippen LogP contribution in [0.4, 0.5) is 0 Å². The van der Waals surface area contributed by atoms with E-state index >= 15 is 0 Å². The summed E-state index contributed by atoms with van der Waals surface area (Å²) in [6.07, 6.45) is 4.54. The minimum atomic E-state index is -1.05. The number of β-amino-alcohol motifs (C(OH)–C–C–N with tert-alkyl or cyclic N) is 1. The first-order valence-electron chi connectivity index (χ1n) is 8.77. The van der Waals surface area contributed by atoms with E-state index in [1.807, 2.05) is 31.2 Å². The maximum atomic E-state index is 12.4. The van der Waals surface area contributed by atoms with Gasteiger partial charge in [0, 0.05) is 12.7 Å². The third-order valence-electron chi connectivity index (χ3n) is 4.43. The van der Waals surface area contributed by atoms with E-state index in [0.29, 0.717) is 24.5 Å². The van der Waals surface area contributed by atoms with Crippen LogP contribution < -0.4 is 9.47 Å². The summed E-state index contributed by atoms with van der Waals surface area (Å²) < 4.78 is 11.2. The second kappa shape index (κ2) is 8.19. The van der Waals surface area contributed by atoms with Gasteiger partial charge in [0.05, 0.1) is 12.7 Å². The Kier molecular flexibility index (Phi) is 5.73. The van der Waals surface area contributed by atoms with Crippen LogP contribution in [0.2, 0.25) is 0 Å². The molecule has 1 unspecified atom stereocenters. The summed E-state index contributed by atoms with van der Waals surface area (Å²) in [5.74, 6) is 1.12. The molecule has 1 atom stereocenters. The Balaban J connectivity index is 1.52. The first-order valence-corrected chi connectivity index (χ1v) is 8.77. The van der Waals surface area contributed by atoms with Gasteiger partial charge in [-0.05, 0) is 44.0 Å². The van der Waals surface area contributed by atoms with Gasteiger partial charge in [-0.25, -0.2) is 0 Å². The van der Waals surface area contributed by atoms with Gasteiger partial charge in [0.25, 0.3) is 5.91 Å². The number of aliphatic hydroxyl groups is 1. The van der Waals surface area contributed by atoms with Crippen molar-refractivity contribution in [3.05, 3.63) is 54.4 Å². The van der Waals surface area contributed by atoms with E-state index in [-0.39, 0.29) is 25.7 Å². The number of ether oxygens (including phenoxy) is 2. The maximum Gasteiger partial charge on any atom is 0.260 e. The number of hydrogen-bond donors (Lipinski definition) is 1. The van der Waals surface area contributed by atoms with E-state index in [4.69, 9.17) is 9.47 Å². The minimum Gasteiger partial charge on any atom is -0.491 e. The van der Waals surface area contributed by atoms with Crippen LogP contribution in [0.15, 0.2) is 48.8 Å². The summed E-state index contributed by atoms with van der Waals surface area (Å²) in [6.45, 7) is 2.95. The molecule has 3 rings (SSSR count). The highest BCUT2D eigenvalue weighted by Gasteiger charge is 2.36. The predicted octanol–water partition coefficient (Wildman–Crippen LogP) is 2.20. The number of carbonyl (C=O) groups is 1. The number of nitrogens with zero attached hydrogens (tertiary/aromatic N) is 2. The van der Waals surface area contributed by atoms with Gasteiger partial charge in [0.1, 0.15) is 23.7 Å². The molecule has 0 bridgehead atoms. The number of rotatable bonds is 6. The fourth-order valence-electron chi connectivity index (χ4n) is 2.96. The molecule has 1 aromatic carbocycles. The molecule has 0 spiro atoms. The highest BCUT2D eigenvalue weighted by Crippen LogP contribution is 2.23. The number of piperidine rings is 1. The molecule has 26 heavy (non-hydrogen) atoms. The lowest BCUT2D eigenvalue weighted by molar-refractivity contribution is -0.142. The first kappa shape index (κ1) is 18.2. The minimum absolute atomic E-state index is 0.0689. The van der Waals surface area contributed by atoms with Crippen LogP contribution in [-0.2, 0) is 4.79 Å². The lowest BCUT2D eigenvalue weighted by atomic mass is 9.93. The van der Waals surface area contributed by atoms with E-state index in [9.17, 15) is 9.90 Å². The number of pyridine rings is 1. The molecule has 0 saturated carbocycles. The van der Waals surface area contributed by atoms with Gasteiger partial charge in [-0.15, -0.1) is 0 Å². The molecule has 0 aliphatic carbocycles. The summed E-state index contributed by atoms with van der Waals surface area (Å²) in [4.78, 5) is 18.0. The highest BCUT2D eigenvalue weighted by molar-refractivity contribution is 5.78. The van der Waals surface area contributed by atoms with Crippen LogP contribution in [0.3, 0.4) is 0 Å². The largest absolute Gasteiger partial charge is 0.491 e. The Bertz CT molecular complexity index is 720. The van der Waals surface area contributed by atoms with Crippen molar-refractivity contribution >= 4 is 5.91 Å². The van der Waals surface area contributed by atoms with Gasteiger partial charge in [-0.1, -0.05) is 17.7 Å². The fraction of sp³-hybridized carbons (Fsp3) is 0.400. The number of amides is 1. The van der Waals surface area contributed by atoms with Crippen LogP contribution in [0.25, 0.3) is 0 Å². The molecule has 2 aromatic rings. The smallest absolute Gasteiger partial charge is 0.260 e. The molecule has 1 amide bonds. The Morgan fingerprint density at radius 3 is 2.77 bits per heavy atom. The number of aromatic nitrogens is 1. The van der Waals surface area contributed by atoms with Gasteiger partial charge in [-0.2, -0.15) is 0 Å². The first-order chi connectivity index (χ1) is 12.5. The number of likely N-dealkylation sites (tertiary alicyclic amines) is 1. The SMILES string of the molecule is Cc1ccc(OCC2(O)CCCN(C(=O)COc3cccnc3)C2)cc1. The Morgan fingerprint density at radius 2 is 2.04 bits per heavy atom. The average Bonchev–Trinajstić information content (AvgIpc) is 2.66. The second-order valence-corrected chi connectivity index (χ2v) is 6.72. The Hall–Kier alpha value is -2.60. The molecule has 6 nitrogen and oxygen atoms in total. The molecule has 138 valence electrons. The van der Waals surface area contributed by atoms with E-state index in [1.54, 1.807) is 29.4 Å². The van der Waals surface area contributed by atoms with Crippen LogP contribution in [0, 0.1) is 6.92 Å². The van der Waals surface area contributed by atoms with Gasteiger partial charge >= 0.3 is 0 Å². The zero-order valence-corrected chi connectivity index (χ0v) is 14.9. The van der Waals surface area contributed by atoms with Crippen LogP contribution in [0.5, 0.6) is 11.5 Å². The third-order valence-corrected chi connectivity index (χ3v) is 4.43. The molecule has 1 saturated heterocycles. The zero-order chi connectivity index (χ0) is 18.4. The number of hydrogen-bond acceptors (Lipinski definition) is 5. The van der Waals surface area contributed by atoms with Crippen molar-refractivity contribution in [3.63, 3.8) is 0 Å². The average molecular weight is 356 g/mol. The highest BCUT2D eigenvalue weighted by atomic mass is 16.5. The fourth-order valence-corrected chi connectivity index (χ4v) is 2.96. The van der Waals surface area contributed by atoms with Crippen LogP contribution in [0.1, 0.15) is 18.4 Å². The molecule has 1 fully saturated rings. The van der Waals surface area contributed by atoms with E-state index in [2.05, 4.69) is 4.98 Å². The van der Waals surface area contributed by atoms with Crippen molar-refractivity contribution in [3.8, 4) is 11.5 Å². The van der Waals surface area contributed by atoms with Gasteiger partial charge < -0.3 is 19.5 Å². The number of aryl methyl sites for hydroxylation is 1. The summed E-state index contributed by atoms with van der Waals surface area (Å²) in [5, 5.41) is 10.8. The maximum absolute atomic E-state index is 12.4.